The zero-order chi connectivity index (χ0) is 15.9. The topological polar surface area (TPSA) is 59.7 Å². The first-order valence-corrected chi connectivity index (χ1v) is 8.60. The van der Waals surface area contributed by atoms with Crippen molar-refractivity contribution >= 4 is 42.0 Å². The lowest BCUT2D eigenvalue weighted by Gasteiger charge is -2.18. The van der Waals surface area contributed by atoms with Crippen molar-refractivity contribution in [2.75, 3.05) is 20.6 Å². The van der Waals surface area contributed by atoms with Gasteiger partial charge in [0.25, 0.3) is 0 Å². The molecule has 0 aromatic carbocycles. The number of thiocarbonyl (C=S) groups is 1. The van der Waals surface area contributed by atoms with Crippen LogP contribution in [0.3, 0.4) is 0 Å². The molecule has 0 amide bonds. The van der Waals surface area contributed by atoms with Crippen molar-refractivity contribution in [3.05, 3.63) is 30.2 Å². The number of nitrogens with zero attached hydrogens (tertiary/aromatic N) is 6. The van der Waals surface area contributed by atoms with Crippen LogP contribution in [0.15, 0.2) is 29.4 Å². The van der Waals surface area contributed by atoms with E-state index in [1.807, 2.05) is 32.3 Å². The van der Waals surface area contributed by atoms with Gasteiger partial charge in [0, 0.05) is 12.7 Å². The Hall–Kier alpha value is -1.03. The van der Waals surface area contributed by atoms with Crippen molar-refractivity contribution in [1.82, 2.24) is 30.1 Å². The Morgan fingerprint density at radius 3 is 2.91 bits per heavy atom. The van der Waals surface area contributed by atoms with Gasteiger partial charge in [-0.15, -0.1) is 5.10 Å². The number of aromatic nitrogens is 5. The van der Waals surface area contributed by atoms with Crippen molar-refractivity contribution in [3.8, 4) is 0 Å². The minimum absolute atomic E-state index is 0.0441. The second-order valence-corrected chi connectivity index (χ2v) is 6.92. The van der Waals surface area contributed by atoms with Crippen LogP contribution >= 0.6 is 36.6 Å². The Balaban J connectivity index is 2.10. The van der Waals surface area contributed by atoms with Gasteiger partial charge in [0.15, 0.2) is 5.82 Å². The number of hydrogen-bond donors (Lipinski definition) is 1. The van der Waals surface area contributed by atoms with Crippen LogP contribution in [-0.2, 0) is 6.54 Å². The zero-order valence-electron chi connectivity index (χ0n) is 12.4. The van der Waals surface area contributed by atoms with Gasteiger partial charge in [-0.1, -0.05) is 30.0 Å². The smallest absolute Gasteiger partial charge is 0.165 e. The highest BCUT2D eigenvalue weighted by molar-refractivity contribution is 8.02. The van der Waals surface area contributed by atoms with Gasteiger partial charge in [-0.25, -0.2) is 9.67 Å². The van der Waals surface area contributed by atoms with Gasteiger partial charge in [0.05, 0.1) is 22.1 Å². The standard InChI is InChI=1S/C13H18N6S3/c1-18(2)7-8-19-13(15-16-17-19)12(21)10(9-20)22-11-5-3-4-6-14-11/h3-6,9-10,12,21H,7-8H2,1-2H3. The summed E-state index contributed by atoms with van der Waals surface area (Å²) in [6.45, 7) is 1.57. The molecule has 0 bridgehead atoms. The number of thiol groups is 1. The molecule has 118 valence electrons. The highest BCUT2D eigenvalue weighted by Crippen LogP contribution is 2.33. The summed E-state index contributed by atoms with van der Waals surface area (Å²) in [7, 11) is 4.03. The van der Waals surface area contributed by atoms with Gasteiger partial charge in [-0.3, -0.25) is 0 Å². The maximum absolute atomic E-state index is 5.16. The van der Waals surface area contributed by atoms with E-state index in [2.05, 4.69) is 38.0 Å². The number of rotatable bonds is 8. The molecule has 0 aliphatic rings. The highest BCUT2D eigenvalue weighted by Gasteiger charge is 2.25. The van der Waals surface area contributed by atoms with Crippen LogP contribution in [0, 0.1) is 0 Å². The van der Waals surface area contributed by atoms with E-state index in [4.69, 9.17) is 12.2 Å². The lowest BCUT2D eigenvalue weighted by Crippen LogP contribution is -2.23. The Morgan fingerprint density at radius 1 is 1.45 bits per heavy atom. The third kappa shape index (κ3) is 4.73. The first kappa shape index (κ1) is 17.3. The average Bonchev–Trinajstić information content (AvgIpc) is 2.99. The largest absolute Gasteiger partial charge is 0.308 e. The summed E-state index contributed by atoms with van der Waals surface area (Å²) in [5.41, 5.74) is 0. The Morgan fingerprint density at radius 2 is 2.27 bits per heavy atom. The normalized spacial score (nSPS) is 14.0. The monoisotopic (exact) mass is 354 g/mol. The van der Waals surface area contributed by atoms with Gasteiger partial charge in [0.1, 0.15) is 0 Å². The van der Waals surface area contributed by atoms with Gasteiger partial charge >= 0.3 is 0 Å². The fourth-order valence-electron chi connectivity index (χ4n) is 1.75. The van der Waals surface area contributed by atoms with E-state index in [1.165, 1.54) is 0 Å². The summed E-state index contributed by atoms with van der Waals surface area (Å²) >= 11 is 11.4. The third-order valence-corrected chi connectivity index (χ3v) is 5.31. The van der Waals surface area contributed by atoms with E-state index in [9.17, 15) is 0 Å². The van der Waals surface area contributed by atoms with Gasteiger partial charge in [-0.2, -0.15) is 12.6 Å². The van der Waals surface area contributed by atoms with Crippen LogP contribution in [0.25, 0.3) is 0 Å². The molecule has 22 heavy (non-hydrogen) atoms. The molecule has 2 aromatic heterocycles. The van der Waals surface area contributed by atoms with E-state index in [0.717, 1.165) is 17.4 Å². The van der Waals surface area contributed by atoms with Crippen molar-refractivity contribution < 1.29 is 0 Å². The molecule has 2 aromatic rings. The molecule has 0 fully saturated rings. The molecule has 9 heteroatoms. The summed E-state index contributed by atoms with van der Waals surface area (Å²) in [6, 6.07) is 5.78. The number of tetrazole rings is 1. The lowest BCUT2D eigenvalue weighted by molar-refractivity contribution is 0.366. The molecule has 0 saturated heterocycles. The SMILES string of the molecule is CN(C)CCn1nnnc1C(S)C(C=S)Sc1ccccn1. The molecule has 0 radical (unpaired) electrons. The predicted molar refractivity (Wildman–Crippen MR) is 95.6 cm³/mol. The maximum Gasteiger partial charge on any atom is 0.165 e. The summed E-state index contributed by atoms with van der Waals surface area (Å²) in [5.74, 6) is 0.722. The third-order valence-electron chi connectivity index (χ3n) is 2.92. The molecule has 0 saturated carbocycles. The first-order chi connectivity index (χ1) is 10.6. The second kappa shape index (κ2) is 8.56. The van der Waals surface area contributed by atoms with E-state index in [-0.39, 0.29) is 10.5 Å². The van der Waals surface area contributed by atoms with Crippen molar-refractivity contribution in [2.24, 2.45) is 0 Å². The maximum atomic E-state index is 5.16. The van der Waals surface area contributed by atoms with Crippen molar-refractivity contribution in [1.29, 1.82) is 0 Å². The van der Waals surface area contributed by atoms with Crippen LogP contribution in [-0.4, -0.2) is 61.3 Å². The lowest BCUT2D eigenvalue weighted by atomic mass is 10.3. The molecule has 0 N–H and O–H groups in total. The van der Waals surface area contributed by atoms with Crippen molar-refractivity contribution in [2.45, 2.75) is 22.1 Å². The second-order valence-electron chi connectivity index (χ2n) is 4.89. The first-order valence-electron chi connectivity index (χ1n) is 6.73. The summed E-state index contributed by atoms with van der Waals surface area (Å²) < 4.78 is 1.78. The van der Waals surface area contributed by atoms with Crippen LogP contribution in [0.4, 0.5) is 0 Å². The Bertz CT molecular complexity index is 588. The zero-order valence-corrected chi connectivity index (χ0v) is 14.9. The van der Waals surface area contributed by atoms with E-state index in [0.29, 0.717) is 6.54 Å². The number of hydrogen-bond acceptors (Lipinski definition) is 8. The highest BCUT2D eigenvalue weighted by atomic mass is 32.2. The Labute approximate surface area is 145 Å². The molecule has 0 spiro atoms. The molecule has 0 aliphatic carbocycles. The van der Waals surface area contributed by atoms with Crippen molar-refractivity contribution in [3.63, 3.8) is 0 Å². The number of likely N-dealkylation sites (N-methyl/N-ethyl adjacent to an activating group) is 1. The van der Waals surface area contributed by atoms with Gasteiger partial charge < -0.3 is 4.90 Å². The van der Waals surface area contributed by atoms with E-state index in [1.54, 1.807) is 28.0 Å². The average molecular weight is 355 g/mol. The minimum Gasteiger partial charge on any atom is -0.308 e. The fraction of sp³-hybridized carbons (Fsp3) is 0.462. The van der Waals surface area contributed by atoms with Gasteiger partial charge in [-0.05, 0) is 42.0 Å². The number of pyridine rings is 1. The summed E-state index contributed by atoms with van der Waals surface area (Å²) in [4.78, 5) is 6.39. The minimum atomic E-state index is -0.193. The number of thioether (sulfide) groups is 1. The molecule has 0 aliphatic heterocycles. The fourth-order valence-corrected chi connectivity index (χ4v) is 3.50. The summed E-state index contributed by atoms with van der Waals surface area (Å²) in [6.07, 6.45) is 1.76. The van der Waals surface area contributed by atoms with E-state index < -0.39 is 0 Å². The summed E-state index contributed by atoms with van der Waals surface area (Å²) in [5, 5.41) is 14.3. The molecule has 2 rings (SSSR count). The molecule has 2 atom stereocenters. The Kier molecular flexibility index (Phi) is 6.74. The molecule has 6 nitrogen and oxygen atoms in total. The molecular weight excluding hydrogens is 336 g/mol. The van der Waals surface area contributed by atoms with E-state index >= 15 is 0 Å². The van der Waals surface area contributed by atoms with Gasteiger partial charge in [0.2, 0.25) is 0 Å². The van der Waals surface area contributed by atoms with Crippen LogP contribution in [0.1, 0.15) is 11.1 Å². The van der Waals surface area contributed by atoms with Crippen LogP contribution in [0.5, 0.6) is 0 Å². The molecular formula is C13H18N6S3. The van der Waals surface area contributed by atoms with Crippen LogP contribution < -0.4 is 0 Å². The molecule has 2 heterocycles. The molecule has 2 unspecified atom stereocenters. The predicted octanol–water partition coefficient (Wildman–Crippen LogP) is 1.76. The quantitative estimate of drug-likeness (QED) is 0.440. The van der Waals surface area contributed by atoms with Crippen LogP contribution in [0.2, 0.25) is 0 Å².